The van der Waals surface area contributed by atoms with E-state index in [4.69, 9.17) is 9.47 Å². The minimum atomic E-state index is -0.658. The van der Waals surface area contributed by atoms with E-state index in [-0.39, 0.29) is 18.9 Å². The van der Waals surface area contributed by atoms with E-state index in [1.165, 1.54) is 11.7 Å². The molecule has 0 saturated carbocycles. The van der Waals surface area contributed by atoms with Crippen LogP contribution in [0.2, 0.25) is 0 Å². The van der Waals surface area contributed by atoms with Crippen LogP contribution in [0, 0.1) is 0 Å². The smallest absolute Gasteiger partial charge is 0.336 e. The number of methoxy groups -OCH3 is 2. The molecule has 0 spiro atoms. The molecule has 0 saturated heterocycles. The number of carbonyl (C=O) groups excluding carboxylic acids is 2. The summed E-state index contributed by atoms with van der Waals surface area (Å²) in [5.74, 6) is -0.140. The first-order valence-electron chi connectivity index (χ1n) is 12.0. The van der Waals surface area contributed by atoms with Crippen LogP contribution in [-0.2, 0) is 27.3 Å². The van der Waals surface area contributed by atoms with E-state index in [9.17, 15) is 19.2 Å². The quantitative estimate of drug-likeness (QED) is 0.312. The third-order valence-corrected chi connectivity index (χ3v) is 5.92. The first kappa shape index (κ1) is 26.4. The lowest BCUT2D eigenvalue weighted by molar-refractivity contribution is -0.120. The Morgan fingerprint density at radius 1 is 0.868 bits per heavy atom. The van der Waals surface area contributed by atoms with Gasteiger partial charge in [0.15, 0.2) is 0 Å². The molecule has 1 heterocycles. The lowest BCUT2D eigenvalue weighted by Crippen LogP contribution is -2.40. The van der Waals surface area contributed by atoms with E-state index in [1.807, 2.05) is 0 Å². The Bertz CT molecular complexity index is 1570. The molecule has 3 aromatic carbocycles. The second-order valence-electron chi connectivity index (χ2n) is 8.46. The fraction of sp³-hybridized carbons (Fsp3) is 0.214. The topological polar surface area (TPSA) is 121 Å². The van der Waals surface area contributed by atoms with Gasteiger partial charge in [-0.1, -0.05) is 36.4 Å². The number of anilines is 1. The SMILES string of the molecule is COCCNC(=O)Cc1ccc(-n2c(=O)c3ccccc3n(CC(=O)Nc3ccccc3OC)c2=O)cc1. The Hall–Kier alpha value is -4.70. The highest BCUT2D eigenvalue weighted by Gasteiger charge is 2.17. The van der Waals surface area contributed by atoms with Crippen LogP contribution >= 0.6 is 0 Å². The maximum Gasteiger partial charge on any atom is 0.336 e. The number of hydrogen-bond acceptors (Lipinski definition) is 6. The molecule has 4 rings (SSSR count). The van der Waals surface area contributed by atoms with Crippen molar-refractivity contribution in [3.8, 4) is 11.4 Å². The van der Waals surface area contributed by atoms with Gasteiger partial charge in [0.05, 0.1) is 42.4 Å². The first-order valence-corrected chi connectivity index (χ1v) is 12.0. The van der Waals surface area contributed by atoms with Gasteiger partial charge < -0.3 is 20.1 Å². The first-order chi connectivity index (χ1) is 18.4. The molecule has 0 unspecified atom stereocenters. The third kappa shape index (κ3) is 5.81. The van der Waals surface area contributed by atoms with E-state index in [1.54, 1.807) is 79.9 Å². The summed E-state index contributed by atoms with van der Waals surface area (Å²) in [5, 5.41) is 5.80. The Morgan fingerprint density at radius 3 is 2.32 bits per heavy atom. The Labute approximate surface area is 218 Å². The molecule has 10 heteroatoms. The van der Waals surface area contributed by atoms with Crippen LogP contribution < -0.4 is 26.6 Å². The van der Waals surface area contributed by atoms with Crippen molar-refractivity contribution in [2.24, 2.45) is 0 Å². The van der Waals surface area contributed by atoms with Crippen molar-refractivity contribution in [3.05, 3.63) is 99.2 Å². The van der Waals surface area contributed by atoms with Crippen LogP contribution in [0.25, 0.3) is 16.6 Å². The molecule has 2 amide bonds. The zero-order chi connectivity index (χ0) is 27.1. The summed E-state index contributed by atoms with van der Waals surface area (Å²) < 4.78 is 12.5. The molecule has 0 radical (unpaired) electrons. The summed E-state index contributed by atoms with van der Waals surface area (Å²) in [5.41, 5.74) is 0.693. The van der Waals surface area contributed by atoms with Crippen molar-refractivity contribution in [2.75, 3.05) is 32.7 Å². The van der Waals surface area contributed by atoms with Gasteiger partial charge in [-0.15, -0.1) is 0 Å². The highest BCUT2D eigenvalue weighted by atomic mass is 16.5. The molecular formula is C28H28N4O6. The predicted molar refractivity (Wildman–Crippen MR) is 144 cm³/mol. The average molecular weight is 517 g/mol. The number of aromatic nitrogens is 2. The van der Waals surface area contributed by atoms with Crippen LogP contribution in [0.5, 0.6) is 5.75 Å². The summed E-state index contributed by atoms with van der Waals surface area (Å²) >= 11 is 0. The largest absolute Gasteiger partial charge is 0.495 e. The molecule has 10 nitrogen and oxygen atoms in total. The number of ether oxygens (including phenoxy) is 2. The predicted octanol–water partition coefficient (Wildman–Crippen LogP) is 2.10. The van der Waals surface area contributed by atoms with Crippen LogP contribution in [0.3, 0.4) is 0 Å². The molecule has 196 valence electrons. The molecule has 1 aromatic heterocycles. The normalized spacial score (nSPS) is 10.8. The number of nitrogens with one attached hydrogen (secondary N) is 2. The molecule has 0 aliphatic carbocycles. The number of fused-ring (bicyclic) bond motifs is 1. The van der Waals surface area contributed by atoms with Crippen LogP contribution in [-0.4, -0.2) is 48.3 Å². The number of amides is 2. The van der Waals surface area contributed by atoms with Gasteiger partial charge >= 0.3 is 5.69 Å². The number of para-hydroxylation sites is 3. The Balaban J connectivity index is 1.66. The Morgan fingerprint density at radius 2 is 1.58 bits per heavy atom. The highest BCUT2D eigenvalue weighted by molar-refractivity contribution is 5.93. The van der Waals surface area contributed by atoms with Crippen molar-refractivity contribution < 1.29 is 19.1 Å². The lowest BCUT2D eigenvalue weighted by Gasteiger charge is -2.15. The van der Waals surface area contributed by atoms with Gasteiger partial charge in [-0.25, -0.2) is 9.36 Å². The van der Waals surface area contributed by atoms with Crippen molar-refractivity contribution in [1.82, 2.24) is 14.5 Å². The number of rotatable bonds is 10. The minimum absolute atomic E-state index is 0.143. The third-order valence-electron chi connectivity index (χ3n) is 5.92. The maximum atomic E-state index is 13.6. The van der Waals surface area contributed by atoms with E-state index >= 15 is 0 Å². The molecule has 0 bridgehead atoms. The van der Waals surface area contributed by atoms with Crippen molar-refractivity contribution in [1.29, 1.82) is 0 Å². The van der Waals surface area contributed by atoms with E-state index in [0.29, 0.717) is 46.7 Å². The van der Waals surface area contributed by atoms with Gasteiger partial charge in [0.25, 0.3) is 5.56 Å². The zero-order valence-corrected chi connectivity index (χ0v) is 21.1. The van der Waals surface area contributed by atoms with Gasteiger partial charge in [-0.05, 0) is 42.0 Å². The van der Waals surface area contributed by atoms with E-state index in [2.05, 4.69) is 10.6 Å². The fourth-order valence-electron chi connectivity index (χ4n) is 4.09. The minimum Gasteiger partial charge on any atom is -0.495 e. The molecule has 0 atom stereocenters. The van der Waals surface area contributed by atoms with Gasteiger partial charge in [-0.2, -0.15) is 0 Å². The zero-order valence-electron chi connectivity index (χ0n) is 21.1. The molecule has 2 N–H and O–H groups in total. The summed E-state index contributed by atoms with van der Waals surface area (Å²) in [4.78, 5) is 52.0. The second kappa shape index (κ2) is 12.0. The van der Waals surface area contributed by atoms with Gasteiger partial charge in [0.1, 0.15) is 12.3 Å². The number of carbonyl (C=O) groups is 2. The summed E-state index contributed by atoms with van der Waals surface area (Å²) in [6.07, 6.45) is 0.143. The van der Waals surface area contributed by atoms with Crippen LogP contribution in [0.1, 0.15) is 5.56 Å². The van der Waals surface area contributed by atoms with Crippen molar-refractivity contribution in [2.45, 2.75) is 13.0 Å². The van der Waals surface area contributed by atoms with Crippen LogP contribution in [0.4, 0.5) is 5.69 Å². The van der Waals surface area contributed by atoms with Gasteiger partial charge in [0.2, 0.25) is 11.8 Å². The highest BCUT2D eigenvalue weighted by Crippen LogP contribution is 2.23. The van der Waals surface area contributed by atoms with Gasteiger partial charge in [-0.3, -0.25) is 19.0 Å². The average Bonchev–Trinajstić information content (AvgIpc) is 2.92. The summed E-state index contributed by atoms with van der Waals surface area (Å²) in [7, 11) is 3.05. The van der Waals surface area contributed by atoms with Crippen molar-refractivity contribution >= 4 is 28.4 Å². The fourth-order valence-corrected chi connectivity index (χ4v) is 4.09. The van der Waals surface area contributed by atoms with Gasteiger partial charge in [0, 0.05) is 13.7 Å². The van der Waals surface area contributed by atoms with Crippen molar-refractivity contribution in [3.63, 3.8) is 0 Å². The van der Waals surface area contributed by atoms with E-state index < -0.39 is 17.2 Å². The molecule has 0 aliphatic heterocycles. The maximum absolute atomic E-state index is 13.6. The standard InChI is InChI=1S/C28H28N4O6/c1-37-16-15-29-25(33)17-19-11-13-20(14-12-19)32-27(35)21-7-3-5-9-23(21)31(28(32)36)18-26(34)30-22-8-4-6-10-24(22)38-2/h3-14H,15-18H2,1-2H3,(H,29,33)(H,30,34). The number of nitrogens with zero attached hydrogens (tertiary/aromatic N) is 2. The summed E-state index contributed by atoms with van der Waals surface area (Å²) in [6, 6.07) is 20.2. The monoisotopic (exact) mass is 516 g/mol. The molecular weight excluding hydrogens is 488 g/mol. The number of hydrogen-bond donors (Lipinski definition) is 2. The molecule has 38 heavy (non-hydrogen) atoms. The molecule has 4 aromatic rings. The van der Waals surface area contributed by atoms with E-state index in [0.717, 1.165) is 4.57 Å². The second-order valence-corrected chi connectivity index (χ2v) is 8.46. The number of benzene rings is 3. The Kier molecular flexibility index (Phi) is 8.34. The summed E-state index contributed by atoms with van der Waals surface area (Å²) in [6.45, 7) is 0.500. The molecule has 0 fully saturated rings. The lowest BCUT2D eigenvalue weighted by atomic mass is 10.1. The molecule has 0 aliphatic rings. The van der Waals surface area contributed by atoms with Crippen LogP contribution in [0.15, 0.2) is 82.4 Å².